The number of rotatable bonds is 7. The van der Waals surface area contributed by atoms with Crippen LogP contribution in [0.1, 0.15) is 17.8 Å². The summed E-state index contributed by atoms with van der Waals surface area (Å²) in [6.07, 6.45) is 0.569. The van der Waals surface area contributed by atoms with Crippen LogP contribution in [0.2, 0.25) is 0 Å². The van der Waals surface area contributed by atoms with Gasteiger partial charge in [0.15, 0.2) is 0 Å². The molecule has 1 aromatic heterocycles. The molecule has 1 saturated heterocycles. The van der Waals surface area contributed by atoms with E-state index < -0.39 is 0 Å². The van der Waals surface area contributed by atoms with Gasteiger partial charge >= 0.3 is 6.03 Å². The zero-order valence-electron chi connectivity index (χ0n) is 14.4. The van der Waals surface area contributed by atoms with E-state index in [2.05, 4.69) is 15.6 Å². The molecule has 0 aliphatic carbocycles. The Balaban J connectivity index is 1.33. The number of urea groups is 1. The van der Waals surface area contributed by atoms with Crippen molar-refractivity contribution in [1.29, 1.82) is 0 Å². The van der Waals surface area contributed by atoms with Gasteiger partial charge in [-0.15, -0.1) is 11.3 Å². The molecule has 2 aromatic rings. The minimum absolute atomic E-state index is 0.150. The lowest BCUT2D eigenvalue weighted by molar-refractivity contribution is -0.139. The summed E-state index contributed by atoms with van der Waals surface area (Å²) in [5.74, 6) is -0.299. The number of carbonyl (C=O) groups excluding carboxylic acids is 3. The van der Waals surface area contributed by atoms with Gasteiger partial charge in [0.25, 0.3) is 0 Å². The number of hydrogen-bond acceptors (Lipinski definition) is 6. The van der Waals surface area contributed by atoms with Crippen LogP contribution in [0.3, 0.4) is 0 Å². The standard InChI is InChI=1S/C17H20N4O4S/c1-11-19-13-10-12(2-3-14(13)26-11)20-17(24)18-6-8-25-9-7-21-15(22)4-5-16(21)23/h2-3,10H,4-9H2,1H3,(H2,18,20,24). The zero-order valence-corrected chi connectivity index (χ0v) is 15.2. The molecule has 0 radical (unpaired) electrons. The van der Waals surface area contributed by atoms with Crippen molar-refractivity contribution >= 4 is 45.1 Å². The van der Waals surface area contributed by atoms with Gasteiger partial charge in [-0.2, -0.15) is 0 Å². The highest BCUT2D eigenvalue weighted by Crippen LogP contribution is 2.24. The summed E-state index contributed by atoms with van der Waals surface area (Å²) in [6, 6.07) is 5.27. The molecule has 2 N–H and O–H groups in total. The summed E-state index contributed by atoms with van der Waals surface area (Å²) < 4.78 is 6.44. The average molecular weight is 376 g/mol. The summed E-state index contributed by atoms with van der Waals surface area (Å²) >= 11 is 1.61. The lowest BCUT2D eigenvalue weighted by atomic mass is 10.3. The lowest BCUT2D eigenvalue weighted by Gasteiger charge is -2.13. The van der Waals surface area contributed by atoms with Crippen molar-refractivity contribution in [2.75, 3.05) is 31.6 Å². The minimum atomic E-state index is -0.329. The maximum Gasteiger partial charge on any atom is 0.319 e. The van der Waals surface area contributed by atoms with Gasteiger partial charge in [0.1, 0.15) is 0 Å². The molecule has 1 aliphatic rings. The summed E-state index contributed by atoms with van der Waals surface area (Å²) in [5.41, 5.74) is 1.53. The molecule has 9 heteroatoms. The number of carbonyl (C=O) groups is 3. The van der Waals surface area contributed by atoms with E-state index in [0.29, 0.717) is 18.8 Å². The Hall–Kier alpha value is -2.52. The van der Waals surface area contributed by atoms with E-state index in [4.69, 9.17) is 4.74 Å². The Bertz CT molecular complexity index is 819. The van der Waals surface area contributed by atoms with Crippen LogP contribution in [-0.4, -0.2) is 54.0 Å². The monoisotopic (exact) mass is 376 g/mol. The second kappa shape index (κ2) is 8.24. The Morgan fingerprint density at radius 3 is 2.81 bits per heavy atom. The molecule has 4 amide bonds. The number of anilines is 1. The Kier molecular flexibility index (Phi) is 5.79. The number of nitrogens with one attached hydrogen (secondary N) is 2. The number of fused-ring (bicyclic) bond motifs is 1. The van der Waals surface area contributed by atoms with Gasteiger partial charge in [-0.3, -0.25) is 14.5 Å². The first-order valence-electron chi connectivity index (χ1n) is 8.36. The zero-order chi connectivity index (χ0) is 18.5. The van der Waals surface area contributed by atoms with Crippen LogP contribution in [0.4, 0.5) is 10.5 Å². The lowest BCUT2D eigenvalue weighted by Crippen LogP contribution is -2.34. The number of ether oxygens (including phenoxy) is 1. The fraction of sp³-hybridized carbons (Fsp3) is 0.412. The quantitative estimate of drug-likeness (QED) is 0.568. The molecule has 26 heavy (non-hydrogen) atoms. The number of nitrogens with zero attached hydrogens (tertiary/aromatic N) is 2. The van der Waals surface area contributed by atoms with Crippen LogP contribution < -0.4 is 10.6 Å². The van der Waals surface area contributed by atoms with Crippen molar-refractivity contribution in [2.24, 2.45) is 0 Å². The molecule has 138 valence electrons. The van der Waals surface area contributed by atoms with Gasteiger partial charge in [0.05, 0.1) is 35.0 Å². The van der Waals surface area contributed by atoms with Gasteiger partial charge < -0.3 is 15.4 Å². The first-order valence-corrected chi connectivity index (χ1v) is 9.17. The summed E-state index contributed by atoms with van der Waals surface area (Å²) in [5, 5.41) is 6.42. The van der Waals surface area contributed by atoms with Crippen molar-refractivity contribution in [3.63, 3.8) is 0 Å². The fourth-order valence-electron chi connectivity index (χ4n) is 2.66. The van der Waals surface area contributed by atoms with Gasteiger partial charge in [0.2, 0.25) is 11.8 Å². The SMILES string of the molecule is Cc1nc2cc(NC(=O)NCCOCCN3C(=O)CCC3=O)ccc2s1. The van der Waals surface area contributed by atoms with E-state index >= 15 is 0 Å². The molecule has 2 heterocycles. The number of likely N-dealkylation sites (tertiary alicyclic amines) is 1. The molecule has 0 bridgehead atoms. The van der Waals surface area contributed by atoms with Gasteiger partial charge in [-0.1, -0.05) is 0 Å². The van der Waals surface area contributed by atoms with Crippen LogP contribution in [0.5, 0.6) is 0 Å². The third kappa shape index (κ3) is 4.55. The van der Waals surface area contributed by atoms with E-state index in [0.717, 1.165) is 15.2 Å². The number of aryl methyl sites for hydroxylation is 1. The average Bonchev–Trinajstić information content (AvgIpc) is 3.12. The van der Waals surface area contributed by atoms with Crippen molar-refractivity contribution in [3.05, 3.63) is 23.2 Å². The van der Waals surface area contributed by atoms with Gasteiger partial charge in [-0.25, -0.2) is 9.78 Å². The van der Waals surface area contributed by atoms with E-state index in [1.165, 1.54) is 4.90 Å². The molecule has 0 atom stereocenters. The van der Waals surface area contributed by atoms with E-state index in [9.17, 15) is 14.4 Å². The van der Waals surface area contributed by atoms with Crippen LogP contribution in [-0.2, 0) is 14.3 Å². The highest BCUT2D eigenvalue weighted by Gasteiger charge is 2.28. The van der Waals surface area contributed by atoms with Crippen LogP contribution in [0, 0.1) is 6.92 Å². The third-order valence-corrected chi connectivity index (χ3v) is 4.85. The first-order chi connectivity index (χ1) is 12.5. The van der Waals surface area contributed by atoms with Crippen LogP contribution in [0.25, 0.3) is 10.2 Å². The summed E-state index contributed by atoms with van der Waals surface area (Å²) in [6.45, 7) is 3.09. The molecule has 0 unspecified atom stereocenters. The van der Waals surface area contributed by atoms with E-state index in [1.807, 2.05) is 25.1 Å². The molecular formula is C17H20N4O4S. The predicted molar refractivity (Wildman–Crippen MR) is 98.2 cm³/mol. The number of thiazole rings is 1. The maximum atomic E-state index is 11.9. The topological polar surface area (TPSA) is 101 Å². The molecule has 0 spiro atoms. The van der Waals surface area contributed by atoms with Crippen LogP contribution in [0.15, 0.2) is 18.2 Å². The second-order valence-corrected chi connectivity index (χ2v) is 7.08. The molecular weight excluding hydrogens is 356 g/mol. The number of benzene rings is 1. The van der Waals surface area contributed by atoms with Crippen molar-refractivity contribution < 1.29 is 19.1 Å². The number of aromatic nitrogens is 1. The molecule has 3 rings (SSSR count). The largest absolute Gasteiger partial charge is 0.378 e. The summed E-state index contributed by atoms with van der Waals surface area (Å²) in [4.78, 5) is 40.4. The maximum absolute atomic E-state index is 11.9. The van der Waals surface area contributed by atoms with Crippen molar-refractivity contribution in [2.45, 2.75) is 19.8 Å². The minimum Gasteiger partial charge on any atom is -0.378 e. The number of amides is 4. The van der Waals surface area contributed by atoms with Gasteiger partial charge in [0, 0.05) is 25.1 Å². The molecule has 1 aliphatic heterocycles. The highest BCUT2D eigenvalue weighted by atomic mass is 32.1. The van der Waals surface area contributed by atoms with Gasteiger partial charge in [-0.05, 0) is 25.1 Å². The molecule has 8 nitrogen and oxygen atoms in total. The first kappa shape index (κ1) is 18.3. The summed E-state index contributed by atoms with van der Waals surface area (Å²) in [7, 11) is 0. The van der Waals surface area contributed by atoms with Crippen LogP contribution >= 0.6 is 11.3 Å². The van der Waals surface area contributed by atoms with E-state index in [-0.39, 0.29) is 43.8 Å². The van der Waals surface area contributed by atoms with E-state index in [1.54, 1.807) is 11.3 Å². The predicted octanol–water partition coefficient (Wildman–Crippen LogP) is 1.89. The molecule has 0 saturated carbocycles. The molecule has 1 aromatic carbocycles. The second-order valence-electron chi connectivity index (χ2n) is 5.85. The Morgan fingerprint density at radius 1 is 1.27 bits per heavy atom. The number of hydrogen-bond donors (Lipinski definition) is 2. The number of imide groups is 1. The van der Waals surface area contributed by atoms with Crippen molar-refractivity contribution in [1.82, 2.24) is 15.2 Å². The Morgan fingerprint density at radius 2 is 2.04 bits per heavy atom. The molecule has 1 fully saturated rings. The highest BCUT2D eigenvalue weighted by molar-refractivity contribution is 7.18. The van der Waals surface area contributed by atoms with Crippen molar-refractivity contribution in [3.8, 4) is 0 Å². The normalized spacial score (nSPS) is 14.3. The Labute approximate surface area is 154 Å². The smallest absolute Gasteiger partial charge is 0.319 e. The fourth-order valence-corrected chi connectivity index (χ4v) is 3.47. The third-order valence-electron chi connectivity index (χ3n) is 3.90.